The molecule has 0 bridgehead atoms. The summed E-state index contributed by atoms with van der Waals surface area (Å²) in [6.07, 6.45) is 0. The Balaban J connectivity index is 2.80. The molecule has 16 heavy (non-hydrogen) atoms. The number of benzene rings is 1. The number of ether oxygens (including phenoxy) is 1. The molecule has 0 fully saturated rings. The number of hydrogen-bond acceptors (Lipinski definition) is 3. The Labute approximate surface area is 95.8 Å². The minimum Gasteiger partial charge on any atom is -0.483 e. The summed E-state index contributed by atoms with van der Waals surface area (Å²) in [5.41, 5.74) is 7.12. The fourth-order valence-electron chi connectivity index (χ4n) is 1.46. The topological polar surface area (TPSA) is 64.3 Å². The Bertz CT molecular complexity index is 364. The number of aryl methyl sites for hydroxylation is 1. The molecule has 1 rings (SSSR count). The second kappa shape index (κ2) is 6.12. The van der Waals surface area contributed by atoms with E-state index in [0.29, 0.717) is 0 Å². The number of rotatable bonds is 6. The third-order valence-corrected chi connectivity index (χ3v) is 2.22. The molecule has 0 aliphatic heterocycles. The molecule has 0 aliphatic rings. The van der Waals surface area contributed by atoms with Crippen LogP contribution in [-0.2, 0) is 11.3 Å². The van der Waals surface area contributed by atoms with E-state index in [0.717, 1.165) is 30.0 Å². The van der Waals surface area contributed by atoms with Gasteiger partial charge in [-0.25, -0.2) is 0 Å². The summed E-state index contributed by atoms with van der Waals surface area (Å²) in [4.78, 5) is 10.7. The van der Waals surface area contributed by atoms with Crippen molar-refractivity contribution in [2.75, 3.05) is 13.2 Å². The van der Waals surface area contributed by atoms with Crippen LogP contribution in [0.2, 0.25) is 0 Å². The van der Waals surface area contributed by atoms with Crippen LogP contribution >= 0.6 is 0 Å². The first-order valence-corrected chi connectivity index (χ1v) is 5.35. The van der Waals surface area contributed by atoms with Gasteiger partial charge in [0.25, 0.3) is 5.91 Å². The van der Waals surface area contributed by atoms with Gasteiger partial charge in [-0.2, -0.15) is 0 Å². The standard InChI is InChI=1S/C12H18N2O2/c1-3-14-7-10-6-4-5-9(2)12(10)16-8-11(13)15/h4-6,14H,3,7-8H2,1-2H3,(H2,13,15). The zero-order valence-electron chi connectivity index (χ0n) is 9.75. The quantitative estimate of drug-likeness (QED) is 0.753. The van der Waals surface area contributed by atoms with Crippen molar-refractivity contribution >= 4 is 5.91 Å². The third-order valence-electron chi connectivity index (χ3n) is 2.22. The van der Waals surface area contributed by atoms with Crippen molar-refractivity contribution in [1.82, 2.24) is 5.32 Å². The van der Waals surface area contributed by atoms with E-state index in [1.807, 2.05) is 32.0 Å². The van der Waals surface area contributed by atoms with Crippen molar-refractivity contribution in [2.24, 2.45) is 5.73 Å². The van der Waals surface area contributed by atoms with Gasteiger partial charge in [-0.15, -0.1) is 0 Å². The average Bonchev–Trinajstić information content (AvgIpc) is 2.24. The first-order chi connectivity index (χ1) is 7.65. The molecule has 4 nitrogen and oxygen atoms in total. The van der Waals surface area contributed by atoms with Crippen LogP contribution in [0.4, 0.5) is 0 Å². The van der Waals surface area contributed by atoms with Gasteiger partial charge in [-0.1, -0.05) is 25.1 Å². The Kier molecular flexibility index (Phi) is 4.79. The fraction of sp³-hybridized carbons (Fsp3) is 0.417. The van der Waals surface area contributed by atoms with Crippen molar-refractivity contribution in [1.29, 1.82) is 0 Å². The largest absolute Gasteiger partial charge is 0.483 e. The molecule has 0 spiro atoms. The number of para-hydroxylation sites is 1. The lowest BCUT2D eigenvalue weighted by atomic mass is 10.1. The fourth-order valence-corrected chi connectivity index (χ4v) is 1.46. The number of primary amides is 1. The van der Waals surface area contributed by atoms with E-state index in [1.54, 1.807) is 0 Å². The molecule has 0 saturated heterocycles. The second-order valence-electron chi connectivity index (χ2n) is 3.60. The van der Waals surface area contributed by atoms with Crippen molar-refractivity contribution in [3.05, 3.63) is 29.3 Å². The van der Waals surface area contributed by atoms with Crippen LogP contribution in [0.5, 0.6) is 5.75 Å². The molecule has 0 aromatic heterocycles. The van der Waals surface area contributed by atoms with E-state index in [4.69, 9.17) is 10.5 Å². The lowest BCUT2D eigenvalue weighted by molar-refractivity contribution is -0.119. The molecule has 0 unspecified atom stereocenters. The first-order valence-electron chi connectivity index (χ1n) is 5.35. The molecule has 0 heterocycles. The van der Waals surface area contributed by atoms with E-state index in [1.165, 1.54) is 0 Å². The Hall–Kier alpha value is -1.55. The van der Waals surface area contributed by atoms with Crippen LogP contribution in [0.1, 0.15) is 18.1 Å². The maximum absolute atomic E-state index is 10.7. The first kappa shape index (κ1) is 12.5. The van der Waals surface area contributed by atoms with Crippen LogP contribution in [0, 0.1) is 6.92 Å². The van der Waals surface area contributed by atoms with E-state index in [2.05, 4.69) is 5.32 Å². The summed E-state index contributed by atoms with van der Waals surface area (Å²) < 4.78 is 5.41. The summed E-state index contributed by atoms with van der Waals surface area (Å²) in [6, 6.07) is 5.90. The lowest BCUT2D eigenvalue weighted by Gasteiger charge is -2.13. The van der Waals surface area contributed by atoms with Gasteiger partial charge in [0.1, 0.15) is 5.75 Å². The molecule has 0 radical (unpaired) electrons. The highest BCUT2D eigenvalue weighted by atomic mass is 16.5. The molecule has 4 heteroatoms. The number of carbonyl (C=O) groups excluding carboxylic acids is 1. The van der Waals surface area contributed by atoms with Gasteiger partial charge >= 0.3 is 0 Å². The highest BCUT2D eigenvalue weighted by Gasteiger charge is 2.07. The number of amides is 1. The van der Waals surface area contributed by atoms with Crippen molar-refractivity contribution in [2.45, 2.75) is 20.4 Å². The van der Waals surface area contributed by atoms with Gasteiger partial charge in [0.15, 0.2) is 6.61 Å². The number of carbonyl (C=O) groups is 1. The SMILES string of the molecule is CCNCc1cccc(C)c1OCC(N)=O. The predicted molar refractivity (Wildman–Crippen MR) is 63.2 cm³/mol. The van der Waals surface area contributed by atoms with Crippen molar-refractivity contribution in [3.8, 4) is 5.75 Å². The summed E-state index contributed by atoms with van der Waals surface area (Å²) in [5.74, 6) is 0.292. The minimum absolute atomic E-state index is 0.0794. The molecule has 0 aliphatic carbocycles. The number of nitrogens with two attached hydrogens (primary N) is 1. The van der Waals surface area contributed by atoms with Gasteiger partial charge in [0.05, 0.1) is 0 Å². The van der Waals surface area contributed by atoms with E-state index in [9.17, 15) is 4.79 Å². The van der Waals surface area contributed by atoms with Crippen LogP contribution in [0.25, 0.3) is 0 Å². The van der Waals surface area contributed by atoms with E-state index >= 15 is 0 Å². The van der Waals surface area contributed by atoms with Crippen molar-refractivity contribution < 1.29 is 9.53 Å². The molecule has 1 amide bonds. The Morgan fingerprint density at radius 3 is 2.88 bits per heavy atom. The summed E-state index contributed by atoms with van der Waals surface area (Å²) in [5, 5.41) is 3.22. The minimum atomic E-state index is -0.461. The summed E-state index contributed by atoms with van der Waals surface area (Å²) in [6.45, 7) is 5.53. The molecular formula is C12H18N2O2. The van der Waals surface area contributed by atoms with Crippen LogP contribution in [0.3, 0.4) is 0 Å². The highest BCUT2D eigenvalue weighted by molar-refractivity contribution is 5.75. The lowest BCUT2D eigenvalue weighted by Crippen LogP contribution is -2.21. The molecule has 0 atom stereocenters. The van der Waals surface area contributed by atoms with Gasteiger partial charge in [-0.3, -0.25) is 4.79 Å². The zero-order valence-corrected chi connectivity index (χ0v) is 9.75. The molecule has 88 valence electrons. The van der Waals surface area contributed by atoms with E-state index < -0.39 is 5.91 Å². The number of hydrogen-bond donors (Lipinski definition) is 2. The van der Waals surface area contributed by atoms with Crippen molar-refractivity contribution in [3.63, 3.8) is 0 Å². The van der Waals surface area contributed by atoms with Gasteiger partial charge in [0, 0.05) is 12.1 Å². The number of nitrogens with one attached hydrogen (secondary N) is 1. The maximum Gasteiger partial charge on any atom is 0.255 e. The summed E-state index contributed by atoms with van der Waals surface area (Å²) in [7, 11) is 0. The summed E-state index contributed by atoms with van der Waals surface area (Å²) >= 11 is 0. The maximum atomic E-state index is 10.7. The predicted octanol–water partition coefficient (Wildman–Crippen LogP) is 0.969. The Morgan fingerprint density at radius 2 is 2.25 bits per heavy atom. The highest BCUT2D eigenvalue weighted by Crippen LogP contribution is 2.23. The molecule has 0 saturated carbocycles. The molecule has 1 aromatic carbocycles. The van der Waals surface area contributed by atoms with Crippen LogP contribution in [0.15, 0.2) is 18.2 Å². The average molecular weight is 222 g/mol. The Morgan fingerprint density at radius 1 is 1.50 bits per heavy atom. The molecular weight excluding hydrogens is 204 g/mol. The van der Waals surface area contributed by atoms with Gasteiger partial charge < -0.3 is 15.8 Å². The molecule has 3 N–H and O–H groups in total. The normalized spacial score (nSPS) is 10.1. The third kappa shape index (κ3) is 3.55. The smallest absolute Gasteiger partial charge is 0.255 e. The zero-order chi connectivity index (χ0) is 12.0. The second-order valence-corrected chi connectivity index (χ2v) is 3.60. The van der Waals surface area contributed by atoms with Crippen LogP contribution < -0.4 is 15.8 Å². The monoisotopic (exact) mass is 222 g/mol. The van der Waals surface area contributed by atoms with E-state index in [-0.39, 0.29) is 6.61 Å². The molecule has 1 aromatic rings. The van der Waals surface area contributed by atoms with Gasteiger partial charge in [0.2, 0.25) is 0 Å². The van der Waals surface area contributed by atoms with Crippen LogP contribution in [-0.4, -0.2) is 19.1 Å². The van der Waals surface area contributed by atoms with Gasteiger partial charge in [-0.05, 0) is 19.0 Å².